The highest BCUT2D eigenvalue weighted by molar-refractivity contribution is 6.01. The highest BCUT2D eigenvalue weighted by atomic mass is 16.6. The molecule has 1 aliphatic heterocycles. The molecule has 0 saturated carbocycles. The van der Waals surface area contributed by atoms with Crippen molar-refractivity contribution in [1.82, 2.24) is 4.90 Å². The van der Waals surface area contributed by atoms with Crippen LogP contribution in [0.1, 0.15) is 23.2 Å². The second-order valence-corrected chi connectivity index (χ2v) is 6.35. The lowest BCUT2D eigenvalue weighted by Crippen LogP contribution is -2.37. The molecular weight excluding hydrogens is 344 g/mol. The number of hydrogen-bond acceptors (Lipinski definition) is 5. The van der Waals surface area contributed by atoms with Gasteiger partial charge in [-0.25, -0.2) is 0 Å². The number of benzene rings is 2. The first-order valence-corrected chi connectivity index (χ1v) is 8.74. The van der Waals surface area contributed by atoms with E-state index in [1.807, 2.05) is 54.6 Å². The van der Waals surface area contributed by atoms with Crippen LogP contribution >= 0.6 is 0 Å². The van der Waals surface area contributed by atoms with Gasteiger partial charge in [0, 0.05) is 18.0 Å². The minimum Gasteiger partial charge on any atom is -0.469 e. The molecule has 6 nitrogen and oxygen atoms in total. The molecule has 0 bridgehead atoms. The van der Waals surface area contributed by atoms with E-state index in [9.17, 15) is 9.59 Å². The van der Waals surface area contributed by atoms with Gasteiger partial charge in [0.25, 0.3) is 5.91 Å². The van der Waals surface area contributed by atoms with Crippen LogP contribution in [0.5, 0.6) is 0 Å². The number of oxime groups is 1. The Hall–Kier alpha value is -3.15. The van der Waals surface area contributed by atoms with E-state index in [0.29, 0.717) is 18.5 Å². The van der Waals surface area contributed by atoms with Crippen molar-refractivity contribution in [2.45, 2.75) is 18.9 Å². The van der Waals surface area contributed by atoms with Gasteiger partial charge in [-0.2, -0.15) is 0 Å². The lowest BCUT2D eigenvalue weighted by Gasteiger charge is -2.23. The second kappa shape index (κ2) is 8.49. The van der Waals surface area contributed by atoms with E-state index in [-0.39, 0.29) is 24.3 Å². The predicted octanol–water partition coefficient (Wildman–Crippen LogP) is 3.13. The molecule has 0 aromatic heterocycles. The van der Waals surface area contributed by atoms with Gasteiger partial charge in [0.2, 0.25) is 0 Å². The third kappa shape index (κ3) is 4.34. The average molecular weight is 366 g/mol. The van der Waals surface area contributed by atoms with Crippen LogP contribution in [0.4, 0.5) is 0 Å². The number of esters is 1. The summed E-state index contributed by atoms with van der Waals surface area (Å²) >= 11 is 0. The standard InChI is InChI=1S/C21H22N2O4/c1-26-20(24)13-19-12-18(22-27-2)14-23(19)21(25)17-10-8-16(9-11-17)15-6-4-3-5-7-15/h3-11,19H,12-14H2,1-2H3. The summed E-state index contributed by atoms with van der Waals surface area (Å²) < 4.78 is 4.76. The Labute approximate surface area is 158 Å². The highest BCUT2D eigenvalue weighted by Crippen LogP contribution is 2.24. The Bertz CT molecular complexity index is 831. The number of carbonyl (C=O) groups is 2. The van der Waals surface area contributed by atoms with Crippen molar-refractivity contribution in [2.75, 3.05) is 20.8 Å². The van der Waals surface area contributed by atoms with Crippen molar-refractivity contribution in [2.24, 2.45) is 5.16 Å². The van der Waals surface area contributed by atoms with Gasteiger partial charge in [-0.3, -0.25) is 9.59 Å². The van der Waals surface area contributed by atoms with Gasteiger partial charge in [-0.1, -0.05) is 47.6 Å². The van der Waals surface area contributed by atoms with Crippen LogP contribution in [0.3, 0.4) is 0 Å². The molecule has 2 aromatic rings. The smallest absolute Gasteiger partial charge is 0.307 e. The summed E-state index contributed by atoms with van der Waals surface area (Å²) in [6.07, 6.45) is 0.629. The van der Waals surface area contributed by atoms with Crippen molar-refractivity contribution in [3.63, 3.8) is 0 Å². The van der Waals surface area contributed by atoms with Crippen molar-refractivity contribution >= 4 is 17.6 Å². The van der Waals surface area contributed by atoms with Gasteiger partial charge in [0.15, 0.2) is 0 Å². The monoisotopic (exact) mass is 366 g/mol. The number of nitrogens with zero attached hydrogens (tertiary/aromatic N) is 2. The van der Waals surface area contributed by atoms with Gasteiger partial charge < -0.3 is 14.5 Å². The fourth-order valence-electron chi connectivity index (χ4n) is 3.27. The van der Waals surface area contributed by atoms with Gasteiger partial charge in [-0.15, -0.1) is 0 Å². The van der Waals surface area contributed by atoms with E-state index in [0.717, 1.165) is 16.8 Å². The van der Waals surface area contributed by atoms with E-state index in [4.69, 9.17) is 9.57 Å². The summed E-state index contributed by atoms with van der Waals surface area (Å²) in [4.78, 5) is 31.2. The Morgan fingerprint density at radius 3 is 2.33 bits per heavy atom. The van der Waals surface area contributed by atoms with E-state index in [1.165, 1.54) is 14.2 Å². The first-order chi connectivity index (χ1) is 13.1. The molecule has 1 unspecified atom stereocenters. The number of likely N-dealkylation sites (tertiary alicyclic amines) is 1. The number of hydrogen-bond donors (Lipinski definition) is 0. The molecule has 0 spiro atoms. The topological polar surface area (TPSA) is 68.2 Å². The van der Waals surface area contributed by atoms with Crippen molar-refractivity contribution in [1.29, 1.82) is 0 Å². The SMILES string of the molecule is CON=C1CC(CC(=O)OC)N(C(=O)c2ccc(-c3ccccc3)cc2)C1. The molecule has 1 aliphatic rings. The van der Waals surface area contributed by atoms with E-state index in [1.54, 1.807) is 4.90 Å². The summed E-state index contributed by atoms with van der Waals surface area (Å²) in [6.45, 7) is 0.342. The lowest BCUT2D eigenvalue weighted by molar-refractivity contribution is -0.141. The van der Waals surface area contributed by atoms with Crippen LogP contribution in [-0.2, 0) is 14.4 Å². The molecule has 0 aliphatic carbocycles. The zero-order valence-corrected chi connectivity index (χ0v) is 15.4. The summed E-state index contributed by atoms with van der Waals surface area (Å²) in [6, 6.07) is 17.2. The molecule has 1 amide bonds. The quantitative estimate of drug-likeness (QED) is 0.602. The second-order valence-electron chi connectivity index (χ2n) is 6.35. The fraction of sp³-hybridized carbons (Fsp3) is 0.286. The summed E-state index contributed by atoms with van der Waals surface area (Å²) in [7, 11) is 2.81. The zero-order chi connectivity index (χ0) is 19.2. The molecule has 1 saturated heterocycles. The average Bonchev–Trinajstić information content (AvgIpc) is 3.10. The molecule has 1 fully saturated rings. The number of ether oxygens (including phenoxy) is 1. The first-order valence-electron chi connectivity index (χ1n) is 8.74. The number of methoxy groups -OCH3 is 1. The van der Waals surface area contributed by atoms with Crippen LogP contribution in [0, 0.1) is 0 Å². The van der Waals surface area contributed by atoms with Gasteiger partial charge in [0.05, 0.1) is 25.8 Å². The van der Waals surface area contributed by atoms with E-state index >= 15 is 0 Å². The number of carbonyl (C=O) groups excluding carboxylic acids is 2. The maximum atomic E-state index is 13.0. The summed E-state index contributed by atoms with van der Waals surface area (Å²) in [5, 5.41) is 3.96. The van der Waals surface area contributed by atoms with Gasteiger partial charge in [-0.05, 0) is 23.3 Å². The molecule has 3 rings (SSSR count). The minimum atomic E-state index is -0.351. The fourth-order valence-corrected chi connectivity index (χ4v) is 3.27. The van der Waals surface area contributed by atoms with Crippen LogP contribution < -0.4 is 0 Å². The largest absolute Gasteiger partial charge is 0.469 e. The molecule has 0 radical (unpaired) electrons. The van der Waals surface area contributed by atoms with Crippen LogP contribution in [0.2, 0.25) is 0 Å². The third-order valence-electron chi connectivity index (χ3n) is 4.62. The molecule has 6 heteroatoms. The van der Waals surface area contributed by atoms with Crippen LogP contribution in [-0.4, -0.2) is 49.3 Å². The molecule has 1 heterocycles. The third-order valence-corrected chi connectivity index (χ3v) is 4.62. The molecule has 27 heavy (non-hydrogen) atoms. The Morgan fingerprint density at radius 1 is 1.04 bits per heavy atom. The first kappa shape index (κ1) is 18.6. The maximum Gasteiger partial charge on any atom is 0.307 e. The molecular formula is C21H22N2O4. The normalized spacial score (nSPS) is 17.8. The maximum absolute atomic E-state index is 13.0. The van der Waals surface area contributed by atoms with Gasteiger partial charge in [0.1, 0.15) is 7.11 Å². The lowest BCUT2D eigenvalue weighted by atomic mass is 10.0. The van der Waals surface area contributed by atoms with E-state index < -0.39 is 0 Å². The Balaban J connectivity index is 1.80. The zero-order valence-electron chi connectivity index (χ0n) is 15.4. The summed E-state index contributed by atoms with van der Waals surface area (Å²) in [5.74, 6) is -0.485. The van der Waals surface area contributed by atoms with Gasteiger partial charge >= 0.3 is 5.97 Å². The van der Waals surface area contributed by atoms with E-state index in [2.05, 4.69) is 5.16 Å². The number of rotatable bonds is 5. The Kier molecular flexibility index (Phi) is 5.86. The van der Waals surface area contributed by atoms with Crippen molar-refractivity contribution in [3.05, 3.63) is 60.2 Å². The Morgan fingerprint density at radius 2 is 1.70 bits per heavy atom. The summed E-state index contributed by atoms with van der Waals surface area (Å²) in [5.41, 5.74) is 3.45. The van der Waals surface area contributed by atoms with Crippen molar-refractivity contribution in [3.8, 4) is 11.1 Å². The van der Waals surface area contributed by atoms with Crippen LogP contribution in [0.15, 0.2) is 59.8 Å². The molecule has 140 valence electrons. The predicted molar refractivity (Wildman–Crippen MR) is 102 cm³/mol. The highest BCUT2D eigenvalue weighted by Gasteiger charge is 2.35. The molecule has 1 atom stereocenters. The van der Waals surface area contributed by atoms with Crippen LogP contribution in [0.25, 0.3) is 11.1 Å². The van der Waals surface area contributed by atoms with Crippen molar-refractivity contribution < 1.29 is 19.2 Å². The molecule has 0 N–H and O–H groups in total. The minimum absolute atomic E-state index is 0.132. The molecule has 2 aromatic carbocycles. The number of amides is 1.